The monoisotopic (exact) mass is 205 g/mol. The van der Waals surface area contributed by atoms with Crippen LogP contribution in [0.25, 0.3) is 0 Å². The number of methoxy groups -OCH3 is 1. The normalized spacial score (nSPS) is 9.67. The van der Waals surface area contributed by atoms with Gasteiger partial charge in [-0.1, -0.05) is 6.07 Å². The molecule has 1 rings (SSSR count). The lowest BCUT2D eigenvalue weighted by Crippen LogP contribution is -2.21. The van der Waals surface area contributed by atoms with Crippen LogP contribution in [0, 0.1) is 11.3 Å². The third-order valence-electron chi connectivity index (χ3n) is 2.04. The van der Waals surface area contributed by atoms with E-state index in [-0.39, 0.29) is 0 Å². The number of nitrogens with two attached hydrogens (primary N) is 1. The topological polar surface area (TPSA) is 71.1 Å². The minimum Gasteiger partial charge on any atom is -0.495 e. The highest BCUT2D eigenvalue weighted by Gasteiger charge is 2.02. The number of nitriles is 1. The van der Waals surface area contributed by atoms with E-state index in [4.69, 9.17) is 15.7 Å². The summed E-state index contributed by atoms with van der Waals surface area (Å²) in [4.78, 5) is 0. The minimum absolute atomic E-state index is 0.556. The third-order valence-corrected chi connectivity index (χ3v) is 2.04. The van der Waals surface area contributed by atoms with Crippen LogP contribution in [0.4, 0.5) is 0 Å². The van der Waals surface area contributed by atoms with Crippen molar-refractivity contribution in [3.05, 3.63) is 29.3 Å². The van der Waals surface area contributed by atoms with Crippen LogP contribution >= 0.6 is 0 Å². The van der Waals surface area contributed by atoms with Gasteiger partial charge < -0.3 is 15.8 Å². The first kappa shape index (κ1) is 11.5. The first-order valence-corrected chi connectivity index (χ1v) is 4.79. The fraction of sp³-hybridized carbons (Fsp3) is 0.364. The molecule has 0 amide bonds. The summed E-state index contributed by atoms with van der Waals surface area (Å²) in [7, 11) is 1.56. The van der Waals surface area contributed by atoms with E-state index >= 15 is 0 Å². The lowest BCUT2D eigenvalue weighted by molar-refractivity contribution is 0.412. The Morgan fingerprint density at radius 3 is 2.93 bits per heavy atom. The van der Waals surface area contributed by atoms with E-state index in [1.807, 2.05) is 12.1 Å². The van der Waals surface area contributed by atoms with Crippen molar-refractivity contribution < 1.29 is 4.74 Å². The van der Waals surface area contributed by atoms with Crippen LogP contribution in [0.2, 0.25) is 0 Å². The molecule has 1 aromatic carbocycles. The van der Waals surface area contributed by atoms with Crippen molar-refractivity contribution in [2.24, 2.45) is 5.73 Å². The van der Waals surface area contributed by atoms with E-state index in [9.17, 15) is 0 Å². The SMILES string of the molecule is COc1cc(CNCCN)ccc1C#N. The van der Waals surface area contributed by atoms with E-state index in [0.717, 1.165) is 18.7 Å². The van der Waals surface area contributed by atoms with Crippen molar-refractivity contribution in [2.45, 2.75) is 6.54 Å². The molecule has 0 unspecified atom stereocenters. The summed E-state index contributed by atoms with van der Waals surface area (Å²) in [6.45, 7) is 2.13. The highest BCUT2D eigenvalue weighted by molar-refractivity contribution is 5.45. The second-order valence-electron chi connectivity index (χ2n) is 3.11. The summed E-state index contributed by atoms with van der Waals surface area (Å²) in [6.07, 6.45) is 0. The second-order valence-corrected chi connectivity index (χ2v) is 3.11. The lowest BCUT2D eigenvalue weighted by atomic mass is 10.1. The molecule has 15 heavy (non-hydrogen) atoms. The Morgan fingerprint density at radius 1 is 1.53 bits per heavy atom. The Balaban J connectivity index is 2.71. The molecule has 80 valence electrons. The molecular weight excluding hydrogens is 190 g/mol. The van der Waals surface area contributed by atoms with Crippen molar-refractivity contribution in [1.29, 1.82) is 5.26 Å². The standard InChI is InChI=1S/C11H15N3O/c1-15-11-6-9(8-14-5-4-12)2-3-10(11)7-13/h2-3,6,14H,4-5,8,12H2,1H3. The third kappa shape index (κ3) is 3.24. The molecule has 0 aromatic heterocycles. The summed E-state index contributed by atoms with van der Waals surface area (Å²) in [5.74, 6) is 0.615. The summed E-state index contributed by atoms with van der Waals surface area (Å²) in [6, 6.07) is 7.61. The molecule has 4 heteroatoms. The van der Waals surface area contributed by atoms with Gasteiger partial charge in [-0.2, -0.15) is 5.26 Å². The van der Waals surface area contributed by atoms with Crippen molar-refractivity contribution >= 4 is 0 Å². The zero-order chi connectivity index (χ0) is 11.1. The fourth-order valence-electron chi connectivity index (χ4n) is 1.27. The fourth-order valence-corrected chi connectivity index (χ4v) is 1.27. The van der Waals surface area contributed by atoms with Gasteiger partial charge in [-0.3, -0.25) is 0 Å². The Labute approximate surface area is 89.7 Å². The van der Waals surface area contributed by atoms with Crippen LogP contribution in [0.3, 0.4) is 0 Å². The van der Waals surface area contributed by atoms with E-state index in [2.05, 4.69) is 11.4 Å². The zero-order valence-electron chi connectivity index (χ0n) is 8.79. The van der Waals surface area contributed by atoms with Gasteiger partial charge in [0.1, 0.15) is 11.8 Å². The molecule has 0 radical (unpaired) electrons. The van der Waals surface area contributed by atoms with Gasteiger partial charge in [0.2, 0.25) is 0 Å². The lowest BCUT2D eigenvalue weighted by Gasteiger charge is -2.07. The zero-order valence-corrected chi connectivity index (χ0v) is 8.79. The van der Waals surface area contributed by atoms with Gasteiger partial charge in [-0.15, -0.1) is 0 Å². The molecule has 0 saturated carbocycles. The van der Waals surface area contributed by atoms with Gasteiger partial charge >= 0.3 is 0 Å². The number of rotatable bonds is 5. The predicted octanol–water partition coefficient (Wildman–Crippen LogP) is 0.615. The van der Waals surface area contributed by atoms with Crippen LogP contribution in [0.15, 0.2) is 18.2 Å². The maximum Gasteiger partial charge on any atom is 0.136 e. The van der Waals surface area contributed by atoms with Gasteiger partial charge in [-0.25, -0.2) is 0 Å². The summed E-state index contributed by atoms with van der Waals surface area (Å²) in [5.41, 5.74) is 7.00. The molecule has 0 atom stereocenters. The number of hydrogen-bond acceptors (Lipinski definition) is 4. The first-order chi connectivity index (χ1) is 7.31. The molecule has 0 aliphatic carbocycles. The Bertz CT molecular complexity index is 357. The van der Waals surface area contributed by atoms with Crippen LogP contribution in [0.1, 0.15) is 11.1 Å². The van der Waals surface area contributed by atoms with Crippen LogP contribution in [-0.4, -0.2) is 20.2 Å². The van der Waals surface area contributed by atoms with Gasteiger partial charge in [0.15, 0.2) is 0 Å². The summed E-state index contributed by atoms with van der Waals surface area (Å²) in [5, 5.41) is 12.0. The van der Waals surface area contributed by atoms with E-state index < -0.39 is 0 Å². The Kier molecular flexibility index (Phi) is 4.61. The van der Waals surface area contributed by atoms with E-state index in [0.29, 0.717) is 17.9 Å². The molecule has 0 saturated heterocycles. The second kappa shape index (κ2) is 6.02. The Hall–Kier alpha value is -1.57. The average Bonchev–Trinajstić information content (AvgIpc) is 2.29. The molecule has 0 spiro atoms. The smallest absolute Gasteiger partial charge is 0.136 e. The van der Waals surface area contributed by atoms with Crippen molar-refractivity contribution in [2.75, 3.05) is 20.2 Å². The van der Waals surface area contributed by atoms with Crippen molar-refractivity contribution in [3.63, 3.8) is 0 Å². The molecule has 4 nitrogen and oxygen atoms in total. The van der Waals surface area contributed by atoms with E-state index in [1.165, 1.54) is 0 Å². The minimum atomic E-state index is 0.556. The van der Waals surface area contributed by atoms with Crippen LogP contribution in [-0.2, 0) is 6.54 Å². The molecule has 3 N–H and O–H groups in total. The van der Waals surface area contributed by atoms with E-state index in [1.54, 1.807) is 13.2 Å². The number of hydrogen-bond donors (Lipinski definition) is 2. The summed E-state index contributed by atoms with van der Waals surface area (Å²) >= 11 is 0. The first-order valence-electron chi connectivity index (χ1n) is 4.79. The van der Waals surface area contributed by atoms with Gasteiger partial charge in [-0.05, 0) is 17.7 Å². The highest BCUT2D eigenvalue weighted by atomic mass is 16.5. The highest BCUT2D eigenvalue weighted by Crippen LogP contribution is 2.18. The predicted molar refractivity (Wildman–Crippen MR) is 58.5 cm³/mol. The average molecular weight is 205 g/mol. The van der Waals surface area contributed by atoms with Gasteiger partial charge in [0, 0.05) is 19.6 Å². The number of ether oxygens (including phenoxy) is 1. The summed E-state index contributed by atoms with van der Waals surface area (Å²) < 4.78 is 5.11. The van der Waals surface area contributed by atoms with Gasteiger partial charge in [0.05, 0.1) is 12.7 Å². The molecular formula is C11H15N3O. The molecule has 0 fully saturated rings. The Morgan fingerprint density at radius 2 is 2.33 bits per heavy atom. The molecule has 0 aliphatic heterocycles. The van der Waals surface area contributed by atoms with Crippen LogP contribution < -0.4 is 15.8 Å². The van der Waals surface area contributed by atoms with Gasteiger partial charge in [0.25, 0.3) is 0 Å². The van der Waals surface area contributed by atoms with Crippen molar-refractivity contribution in [3.8, 4) is 11.8 Å². The quantitative estimate of drug-likeness (QED) is 0.691. The van der Waals surface area contributed by atoms with Crippen LogP contribution in [0.5, 0.6) is 5.75 Å². The molecule has 0 bridgehead atoms. The maximum absolute atomic E-state index is 8.79. The number of nitrogens with zero attached hydrogens (tertiary/aromatic N) is 1. The van der Waals surface area contributed by atoms with Crippen molar-refractivity contribution in [1.82, 2.24) is 5.32 Å². The maximum atomic E-state index is 8.79. The largest absolute Gasteiger partial charge is 0.495 e. The molecule has 0 heterocycles. The number of benzene rings is 1. The molecule has 1 aromatic rings. The number of nitrogens with one attached hydrogen (secondary N) is 1. The molecule has 0 aliphatic rings.